The second-order valence-electron chi connectivity index (χ2n) is 3.08. The molecule has 0 spiro atoms. The van der Waals surface area contributed by atoms with E-state index in [1.54, 1.807) is 0 Å². The van der Waals surface area contributed by atoms with Crippen LogP contribution in [0.5, 0.6) is 0 Å². The average molecular weight is 219 g/mol. The maximum absolute atomic E-state index is 13.5. The zero-order valence-corrected chi connectivity index (χ0v) is 8.25. The van der Waals surface area contributed by atoms with Crippen LogP contribution in [-0.2, 0) is 6.54 Å². The number of nitrogens with zero attached hydrogens (tertiary/aromatic N) is 2. The smallest absolute Gasteiger partial charge is 0.255 e. The molecule has 0 fully saturated rings. The van der Waals surface area contributed by atoms with Crippen LogP contribution in [0.3, 0.4) is 0 Å². The van der Waals surface area contributed by atoms with Crippen molar-refractivity contribution < 1.29 is 13.2 Å². The summed E-state index contributed by atoms with van der Waals surface area (Å²) in [5.41, 5.74) is 5.55. The first-order valence-electron chi connectivity index (χ1n) is 4.39. The van der Waals surface area contributed by atoms with E-state index in [0.717, 1.165) is 4.90 Å². The highest BCUT2D eigenvalue weighted by atomic mass is 19.3. The Hall–Kier alpha value is -1.30. The summed E-state index contributed by atoms with van der Waals surface area (Å²) in [6.45, 7) is -0.540. The number of rotatable bonds is 4. The first kappa shape index (κ1) is 11.8. The predicted octanol–water partition coefficient (Wildman–Crippen LogP) is 1.38. The van der Waals surface area contributed by atoms with Crippen LogP contribution in [0.2, 0.25) is 0 Å². The largest absolute Gasteiger partial charge is 0.352 e. The lowest BCUT2D eigenvalue weighted by Crippen LogP contribution is -2.26. The van der Waals surface area contributed by atoms with Crippen molar-refractivity contribution in [3.8, 4) is 0 Å². The van der Waals surface area contributed by atoms with Crippen LogP contribution in [0.4, 0.5) is 19.0 Å². The van der Waals surface area contributed by atoms with E-state index in [0.29, 0.717) is 0 Å². The van der Waals surface area contributed by atoms with Crippen LogP contribution in [0, 0.1) is 5.82 Å². The maximum atomic E-state index is 13.5. The Morgan fingerprint density at radius 3 is 2.73 bits per heavy atom. The van der Waals surface area contributed by atoms with Gasteiger partial charge in [-0.15, -0.1) is 0 Å². The summed E-state index contributed by atoms with van der Waals surface area (Å²) in [5.74, 6) is -0.735. The topological polar surface area (TPSA) is 42.2 Å². The molecular weight excluding hydrogens is 207 g/mol. The van der Waals surface area contributed by atoms with Gasteiger partial charge >= 0.3 is 0 Å². The molecule has 15 heavy (non-hydrogen) atoms. The average Bonchev–Trinajstić information content (AvgIpc) is 2.17. The molecule has 0 aliphatic heterocycles. The van der Waals surface area contributed by atoms with Gasteiger partial charge < -0.3 is 10.6 Å². The maximum Gasteiger partial charge on any atom is 0.255 e. The fourth-order valence-electron chi connectivity index (χ4n) is 1.19. The summed E-state index contributed by atoms with van der Waals surface area (Å²) in [6, 6.07) is 1.43. The molecule has 0 radical (unpaired) electrons. The van der Waals surface area contributed by atoms with Crippen molar-refractivity contribution in [1.82, 2.24) is 4.98 Å². The Bertz CT molecular complexity index is 330. The molecule has 0 atom stereocenters. The fourth-order valence-corrected chi connectivity index (χ4v) is 1.19. The zero-order valence-electron chi connectivity index (χ0n) is 8.25. The molecule has 0 saturated heterocycles. The summed E-state index contributed by atoms with van der Waals surface area (Å²) in [7, 11) is 1.36. The molecule has 3 nitrogen and oxygen atoms in total. The molecule has 0 bridgehead atoms. The molecular formula is C9H12F3N3. The van der Waals surface area contributed by atoms with Crippen LogP contribution < -0.4 is 10.6 Å². The molecule has 1 aromatic rings. The van der Waals surface area contributed by atoms with Crippen molar-refractivity contribution in [1.29, 1.82) is 0 Å². The van der Waals surface area contributed by atoms with Crippen LogP contribution in [0.15, 0.2) is 12.3 Å². The van der Waals surface area contributed by atoms with Crippen molar-refractivity contribution in [2.24, 2.45) is 5.73 Å². The second-order valence-corrected chi connectivity index (χ2v) is 3.08. The summed E-state index contributed by atoms with van der Waals surface area (Å²) in [5, 5.41) is 0. The minimum Gasteiger partial charge on any atom is -0.352 e. The lowest BCUT2D eigenvalue weighted by Gasteiger charge is -2.18. The van der Waals surface area contributed by atoms with Gasteiger partial charge in [-0.05, 0) is 6.07 Å². The van der Waals surface area contributed by atoms with E-state index in [9.17, 15) is 13.2 Å². The van der Waals surface area contributed by atoms with Crippen molar-refractivity contribution >= 4 is 5.82 Å². The van der Waals surface area contributed by atoms with Gasteiger partial charge in [-0.25, -0.2) is 18.2 Å². The van der Waals surface area contributed by atoms with Crippen molar-refractivity contribution in [3.05, 3.63) is 23.6 Å². The zero-order chi connectivity index (χ0) is 11.4. The van der Waals surface area contributed by atoms with E-state index in [-0.39, 0.29) is 17.9 Å². The molecule has 0 aliphatic carbocycles. The first-order chi connectivity index (χ1) is 7.06. The van der Waals surface area contributed by atoms with E-state index < -0.39 is 18.8 Å². The van der Waals surface area contributed by atoms with Gasteiger partial charge in [-0.3, -0.25) is 0 Å². The number of anilines is 1. The van der Waals surface area contributed by atoms with Crippen molar-refractivity contribution in [2.45, 2.75) is 13.0 Å². The molecule has 6 heteroatoms. The fraction of sp³-hybridized carbons (Fsp3) is 0.444. The molecule has 84 valence electrons. The van der Waals surface area contributed by atoms with Crippen molar-refractivity contribution in [2.75, 3.05) is 18.5 Å². The Morgan fingerprint density at radius 2 is 2.20 bits per heavy atom. The van der Waals surface area contributed by atoms with Crippen molar-refractivity contribution in [3.63, 3.8) is 0 Å². The highest BCUT2D eigenvalue weighted by Gasteiger charge is 2.15. The van der Waals surface area contributed by atoms with Crippen LogP contribution in [-0.4, -0.2) is 25.0 Å². The quantitative estimate of drug-likeness (QED) is 0.831. The van der Waals surface area contributed by atoms with E-state index in [1.807, 2.05) is 0 Å². The number of halogens is 3. The summed E-state index contributed by atoms with van der Waals surface area (Å²) in [4.78, 5) is 4.77. The number of hydrogen-bond acceptors (Lipinski definition) is 3. The summed E-state index contributed by atoms with van der Waals surface area (Å²) < 4.78 is 37.7. The predicted molar refractivity (Wildman–Crippen MR) is 51.4 cm³/mol. The summed E-state index contributed by atoms with van der Waals surface area (Å²) in [6.07, 6.45) is -1.18. The molecule has 0 unspecified atom stereocenters. The Kier molecular flexibility index (Phi) is 3.90. The minimum atomic E-state index is -2.53. The molecule has 1 aromatic heterocycles. The van der Waals surface area contributed by atoms with E-state index in [4.69, 9.17) is 5.73 Å². The standard InChI is InChI=1S/C9H12F3N3/c1-15(5-7(10)11)9-8(12)6(4-13)2-3-14-9/h2-3,7H,4-5,13H2,1H3. The molecule has 0 aliphatic rings. The van der Waals surface area contributed by atoms with Gasteiger partial charge in [0.1, 0.15) is 0 Å². The Morgan fingerprint density at radius 1 is 1.53 bits per heavy atom. The molecule has 0 aromatic carbocycles. The first-order valence-corrected chi connectivity index (χ1v) is 4.39. The lowest BCUT2D eigenvalue weighted by molar-refractivity contribution is 0.156. The van der Waals surface area contributed by atoms with Gasteiger partial charge in [0, 0.05) is 25.4 Å². The highest BCUT2D eigenvalue weighted by molar-refractivity contribution is 5.42. The molecule has 2 N–H and O–H groups in total. The van der Waals surface area contributed by atoms with E-state index in [1.165, 1.54) is 19.3 Å². The van der Waals surface area contributed by atoms with Gasteiger partial charge in [-0.1, -0.05) is 0 Å². The third-order valence-electron chi connectivity index (χ3n) is 1.94. The molecule has 1 rings (SSSR count). The van der Waals surface area contributed by atoms with Gasteiger partial charge in [0.15, 0.2) is 11.6 Å². The van der Waals surface area contributed by atoms with Crippen LogP contribution in [0.25, 0.3) is 0 Å². The lowest BCUT2D eigenvalue weighted by atomic mass is 10.2. The number of aromatic nitrogens is 1. The SMILES string of the molecule is CN(CC(F)F)c1nccc(CN)c1F. The van der Waals surface area contributed by atoms with Crippen LogP contribution >= 0.6 is 0 Å². The number of alkyl halides is 2. The summed E-state index contributed by atoms with van der Waals surface area (Å²) >= 11 is 0. The van der Waals surface area contributed by atoms with Gasteiger partial charge in [0.05, 0.1) is 6.54 Å². The Balaban J connectivity index is 2.93. The number of hydrogen-bond donors (Lipinski definition) is 1. The number of pyridine rings is 1. The monoisotopic (exact) mass is 219 g/mol. The van der Waals surface area contributed by atoms with Crippen LogP contribution in [0.1, 0.15) is 5.56 Å². The molecule has 1 heterocycles. The third kappa shape index (κ3) is 2.82. The van der Waals surface area contributed by atoms with E-state index >= 15 is 0 Å². The second kappa shape index (κ2) is 4.97. The normalized spacial score (nSPS) is 10.8. The minimum absolute atomic E-state index is 0.0177. The van der Waals surface area contributed by atoms with E-state index in [2.05, 4.69) is 4.98 Å². The third-order valence-corrected chi connectivity index (χ3v) is 1.94. The van der Waals surface area contributed by atoms with Gasteiger partial charge in [0.2, 0.25) is 0 Å². The number of nitrogens with two attached hydrogens (primary N) is 1. The van der Waals surface area contributed by atoms with Gasteiger partial charge in [0.25, 0.3) is 6.43 Å². The highest BCUT2D eigenvalue weighted by Crippen LogP contribution is 2.18. The van der Waals surface area contributed by atoms with Gasteiger partial charge in [-0.2, -0.15) is 0 Å². The molecule has 0 saturated carbocycles. The Labute approximate surface area is 85.7 Å². The molecule has 0 amide bonds.